The number of amides is 1. The molecule has 332 valence electrons. The van der Waals surface area contributed by atoms with E-state index in [1.54, 1.807) is 0 Å². The highest BCUT2D eigenvalue weighted by atomic mass is 32.2. The van der Waals surface area contributed by atoms with Crippen LogP contribution in [-0.4, -0.2) is 57.3 Å². The number of rotatable bonds is 18. The van der Waals surface area contributed by atoms with Crippen LogP contribution in [0.25, 0.3) is 0 Å². The summed E-state index contributed by atoms with van der Waals surface area (Å²) in [6, 6.07) is 28.0. The van der Waals surface area contributed by atoms with Crippen molar-refractivity contribution in [3.63, 3.8) is 0 Å². The molecule has 60 heavy (non-hydrogen) atoms. The standard InChI is InChI=1S/C50H77NO6SSi2/c1-47(2,3)54-40-32-30-38(31-33-40)35-42(51-46(53)55-48(4,5)6)44(57-60(15,16)50(10,11)12)29-23-28-43(56-59(13,14)49(7,8)9)41(34-37-24-19-17-20-25-37)45(52)58-36-39-26-21-18-22-27-39/h17-28,30-33,41-44H,29,34-36H2,1-16H3,(H,51,53)/b28-23+/t41-,42+,43+,44+/m1/s1. The average Bonchev–Trinajstić information content (AvgIpc) is 3.11. The van der Waals surface area contributed by atoms with Gasteiger partial charge in [-0.25, -0.2) is 4.79 Å². The Morgan fingerprint density at radius 3 is 1.65 bits per heavy atom. The van der Waals surface area contributed by atoms with Crippen LogP contribution in [0.2, 0.25) is 36.3 Å². The molecule has 0 aromatic heterocycles. The van der Waals surface area contributed by atoms with Crippen molar-refractivity contribution in [1.82, 2.24) is 5.32 Å². The number of hydrogen-bond acceptors (Lipinski definition) is 7. The lowest BCUT2D eigenvalue weighted by Gasteiger charge is -2.42. The van der Waals surface area contributed by atoms with Gasteiger partial charge in [-0.15, -0.1) is 0 Å². The zero-order chi connectivity index (χ0) is 45.2. The van der Waals surface area contributed by atoms with Gasteiger partial charge in [0.25, 0.3) is 0 Å². The first-order valence-corrected chi connectivity index (χ1v) is 28.4. The maximum atomic E-state index is 14.5. The van der Waals surface area contributed by atoms with Crippen molar-refractivity contribution in [2.45, 2.75) is 174 Å². The van der Waals surface area contributed by atoms with Crippen molar-refractivity contribution < 1.29 is 27.9 Å². The number of carbonyl (C=O) groups excluding carboxylic acids is 2. The summed E-state index contributed by atoms with van der Waals surface area (Å²) in [5, 5.41) is 3.17. The van der Waals surface area contributed by atoms with Crippen LogP contribution in [0.5, 0.6) is 5.75 Å². The van der Waals surface area contributed by atoms with E-state index in [0.29, 0.717) is 25.0 Å². The van der Waals surface area contributed by atoms with Gasteiger partial charge < -0.3 is 23.6 Å². The van der Waals surface area contributed by atoms with E-state index in [4.69, 9.17) is 18.3 Å². The molecule has 0 saturated carbocycles. The van der Waals surface area contributed by atoms with E-state index in [1.807, 2.05) is 90.1 Å². The molecule has 0 fully saturated rings. The fourth-order valence-electron chi connectivity index (χ4n) is 6.04. The molecule has 1 N–H and O–H groups in total. The average molecular weight is 876 g/mol. The van der Waals surface area contributed by atoms with Gasteiger partial charge in [0, 0.05) is 5.75 Å². The zero-order valence-electron chi connectivity index (χ0n) is 39.7. The Morgan fingerprint density at radius 2 is 1.15 bits per heavy atom. The van der Waals surface area contributed by atoms with Crippen LogP contribution in [0, 0.1) is 5.92 Å². The molecule has 10 heteroatoms. The maximum Gasteiger partial charge on any atom is 0.407 e. The van der Waals surface area contributed by atoms with Gasteiger partial charge >= 0.3 is 6.09 Å². The van der Waals surface area contributed by atoms with Gasteiger partial charge in [-0.2, -0.15) is 0 Å². The zero-order valence-corrected chi connectivity index (χ0v) is 42.5. The lowest BCUT2D eigenvalue weighted by Crippen LogP contribution is -2.53. The first-order valence-electron chi connectivity index (χ1n) is 21.6. The monoisotopic (exact) mass is 876 g/mol. The normalized spacial score (nSPS) is 15.3. The molecule has 0 heterocycles. The molecule has 0 spiro atoms. The van der Waals surface area contributed by atoms with Crippen molar-refractivity contribution in [2.24, 2.45) is 5.92 Å². The highest BCUT2D eigenvalue weighted by Crippen LogP contribution is 2.41. The molecule has 0 aliphatic rings. The lowest BCUT2D eigenvalue weighted by atomic mass is 9.94. The number of nitrogens with one attached hydrogen (secondary N) is 1. The molecular weight excluding hydrogens is 799 g/mol. The van der Waals surface area contributed by atoms with E-state index in [1.165, 1.54) is 11.8 Å². The smallest absolute Gasteiger partial charge is 0.407 e. The summed E-state index contributed by atoms with van der Waals surface area (Å²) in [6.45, 7) is 34.1. The highest BCUT2D eigenvalue weighted by molar-refractivity contribution is 8.13. The topological polar surface area (TPSA) is 83.1 Å². The van der Waals surface area contributed by atoms with Gasteiger partial charge in [-0.3, -0.25) is 4.79 Å². The quantitative estimate of drug-likeness (QED) is 0.101. The minimum atomic E-state index is -2.38. The molecule has 3 aromatic carbocycles. The molecule has 0 saturated heterocycles. The highest BCUT2D eigenvalue weighted by Gasteiger charge is 2.43. The summed E-state index contributed by atoms with van der Waals surface area (Å²) >= 11 is 1.36. The van der Waals surface area contributed by atoms with E-state index in [-0.39, 0.29) is 20.8 Å². The van der Waals surface area contributed by atoms with Crippen LogP contribution in [0.15, 0.2) is 97.1 Å². The van der Waals surface area contributed by atoms with Crippen molar-refractivity contribution in [1.29, 1.82) is 0 Å². The number of benzene rings is 3. The molecule has 1 amide bonds. The molecule has 4 atom stereocenters. The fraction of sp³-hybridized carbons (Fsp3) is 0.560. The van der Waals surface area contributed by atoms with Crippen LogP contribution in [0.1, 0.15) is 106 Å². The molecule has 0 radical (unpaired) electrons. The third-order valence-corrected chi connectivity index (χ3v) is 21.4. The minimum absolute atomic E-state index is 0.0828. The second-order valence-electron chi connectivity index (χ2n) is 21.1. The largest absolute Gasteiger partial charge is 0.488 e. The summed E-state index contributed by atoms with van der Waals surface area (Å²) in [5.74, 6) is 0.940. The van der Waals surface area contributed by atoms with Crippen LogP contribution in [-0.2, 0) is 37.0 Å². The predicted octanol–water partition coefficient (Wildman–Crippen LogP) is 13.3. The molecular formula is C50H77NO6SSi2. The molecule has 0 aliphatic carbocycles. The van der Waals surface area contributed by atoms with Crippen LogP contribution in [0.3, 0.4) is 0 Å². The summed E-state index contributed by atoms with van der Waals surface area (Å²) in [7, 11) is -4.76. The third kappa shape index (κ3) is 17.3. The first-order chi connectivity index (χ1) is 27.6. The summed E-state index contributed by atoms with van der Waals surface area (Å²) < 4.78 is 26.5. The van der Waals surface area contributed by atoms with Gasteiger partial charge in [0.05, 0.1) is 24.2 Å². The number of carbonyl (C=O) groups is 2. The van der Waals surface area contributed by atoms with Crippen molar-refractivity contribution in [2.75, 3.05) is 0 Å². The van der Waals surface area contributed by atoms with Gasteiger partial charge in [0.15, 0.2) is 21.8 Å². The lowest BCUT2D eigenvalue weighted by molar-refractivity contribution is -0.116. The molecule has 3 aromatic rings. The van der Waals surface area contributed by atoms with Crippen molar-refractivity contribution in [3.8, 4) is 5.75 Å². The molecule has 0 unspecified atom stereocenters. The minimum Gasteiger partial charge on any atom is -0.488 e. The Bertz CT molecular complexity index is 1800. The van der Waals surface area contributed by atoms with Crippen LogP contribution >= 0.6 is 11.8 Å². The van der Waals surface area contributed by atoms with E-state index < -0.39 is 52.5 Å². The Labute approximate surface area is 370 Å². The van der Waals surface area contributed by atoms with E-state index in [9.17, 15) is 9.59 Å². The molecule has 0 bridgehead atoms. The van der Waals surface area contributed by atoms with Crippen molar-refractivity contribution in [3.05, 3.63) is 114 Å². The second kappa shape index (κ2) is 21.3. The first kappa shape index (κ1) is 51.2. The molecule has 0 aliphatic heterocycles. The third-order valence-electron chi connectivity index (χ3n) is 11.4. The fourth-order valence-corrected chi connectivity index (χ4v) is 9.62. The SMILES string of the molecule is CC(C)(C)OC(=O)N[C@@H](Cc1ccc(OC(C)(C)C)cc1)[C@H](C/C=C/[C@H](O[Si](C)(C)C(C)(C)C)[C@@H](Cc1ccccc1)C(=O)SCc1ccccc1)O[Si](C)(C)C(C)(C)C. The van der Waals surface area contributed by atoms with E-state index >= 15 is 0 Å². The summed E-state index contributed by atoms with van der Waals surface area (Å²) in [4.78, 5) is 28.1. The van der Waals surface area contributed by atoms with E-state index in [0.717, 1.165) is 22.4 Å². The number of alkyl carbamates (subject to hydrolysis) is 1. The predicted molar refractivity (Wildman–Crippen MR) is 258 cm³/mol. The number of ether oxygens (including phenoxy) is 2. The Kier molecular flexibility index (Phi) is 18.2. The second-order valence-corrected chi connectivity index (χ2v) is 31.6. The van der Waals surface area contributed by atoms with Crippen molar-refractivity contribution >= 4 is 39.6 Å². The van der Waals surface area contributed by atoms with Gasteiger partial charge in [0.2, 0.25) is 0 Å². The number of hydrogen-bond donors (Lipinski definition) is 1. The summed E-state index contributed by atoms with van der Waals surface area (Å²) in [5.41, 5.74) is 2.23. The molecule has 3 rings (SSSR count). The summed E-state index contributed by atoms with van der Waals surface area (Å²) in [6.07, 6.45) is 4.40. The van der Waals surface area contributed by atoms with Crippen LogP contribution < -0.4 is 10.1 Å². The van der Waals surface area contributed by atoms with Gasteiger partial charge in [-0.05, 0) is 126 Å². The number of thioether (sulfide) groups is 1. The Morgan fingerprint density at radius 1 is 0.650 bits per heavy atom. The van der Waals surface area contributed by atoms with Crippen LogP contribution in [0.4, 0.5) is 4.79 Å². The molecule has 7 nitrogen and oxygen atoms in total. The van der Waals surface area contributed by atoms with Gasteiger partial charge in [-0.1, -0.05) is 138 Å². The Balaban J connectivity index is 2.13. The Hall–Kier alpha value is -3.16. The van der Waals surface area contributed by atoms with Gasteiger partial charge in [0.1, 0.15) is 17.0 Å². The van der Waals surface area contributed by atoms with E-state index in [2.05, 4.69) is 122 Å². The maximum absolute atomic E-state index is 14.5.